The summed E-state index contributed by atoms with van der Waals surface area (Å²) in [5.74, 6) is 0. The number of rotatable bonds is 6. The molecule has 0 unspecified atom stereocenters. The lowest BCUT2D eigenvalue weighted by molar-refractivity contribution is 0.121. The maximum absolute atomic E-state index is 12.6. The Labute approximate surface area is 204 Å². The Morgan fingerprint density at radius 3 is 2.15 bits per heavy atom. The van der Waals surface area contributed by atoms with Crippen LogP contribution < -0.4 is 5.32 Å². The van der Waals surface area contributed by atoms with Crippen LogP contribution >= 0.6 is 11.5 Å². The molecule has 1 aliphatic carbocycles. The first-order valence-electron chi connectivity index (χ1n) is 11.6. The molecule has 1 fully saturated rings. The van der Waals surface area contributed by atoms with Gasteiger partial charge in [0.25, 0.3) is 0 Å². The number of ether oxygens (including phenoxy) is 1. The zero-order valence-electron chi connectivity index (χ0n) is 19.7. The van der Waals surface area contributed by atoms with Crippen molar-refractivity contribution in [2.24, 2.45) is 0 Å². The summed E-state index contributed by atoms with van der Waals surface area (Å²) in [5.41, 5.74) is 7.63. The van der Waals surface area contributed by atoms with Gasteiger partial charge in [0.1, 0.15) is 6.10 Å². The molecule has 3 aromatic carbocycles. The molecule has 1 aliphatic rings. The molecule has 1 atom stereocenters. The van der Waals surface area contributed by atoms with Crippen molar-refractivity contribution >= 4 is 23.3 Å². The van der Waals surface area contributed by atoms with Gasteiger partial charge in [-0.1, -0.05) is 85.8 Å². The number of anilines is 1. The fourth-order valence-corrected chi connectivity index (χ4v) is 5.00. The molecule has 1 heterocycles. The summed E-state index contributed by atoms with van der Waals surface area (Å²) in [6, 6.07) is 27.1. The van der Waals surface area contributed by atoms with Crippen LogP contribution in [0.3, 0.4) is 0 Å². The molecule has 1 N–H and O–H groups in total. The van der Waals surface area contributed by atoms with Gasteiger partial charge in [-0.25, -0.2) is 4.79 Å². The third kappa shape index (κ3) is 4.62. The first-order valence-corrected chi connectivity index (χ1v) is 12.4. The number of benzene rings is 3. The second-order valence-corrected chi connectivity index (χ2v) is 10.0. The van der Waals surface area contributed by atoms with Crippen LogP contribution in [0, 0.1) is 6.92 Å². The standard InChI is InChI=1S/C29H28N2O2S/c1-19-26(30-28(32)33-20(2)21-7-5-4-6-8-21)27(34-31-19)24-11-9-22(10-12-24)23-13-15-25(16-14-23)29(3)17-18-29/h4-16,20H,17-18H2,1-3H3,(H,30,32)/t20-/m0/s1. The van der Waals surface area contributed by atoms with Crippen LogP contribution in [-0.2, 0) is 10.2 Å². The predicted octanol–water partition coefficient (Wildman–Crippen LogP) is 8.15. The van der Waals surface area contributed by atoms with E-state index in [1.165, 1.54) is 41.1 Å². The van der Waals surface area contributed by atoms with Gasteiger partial charge in [0.15, 0.2) is 0 Å². The third-order valence-electron chi connectivity index (χ3n) is 6.70. The molecule has 4 aromatic rings. The number of nitrogens with one attached hydrogen (secondary N) is 1. The Morgan fingerprint density at radius 2 is 1.53 bits per heavy atom. The van der Waals surface area contributed by atoms with Crippen LogP contribution in [0.5, 0.6) is 0 Å². The highest BCUT2D eigenvalue weighted by atomic mass is 32.1. The predicted molar refractivity (Wildman–Crippen MR) is 139 cm³/mol. The second kappa shape index (κ2) is 9.07. The molecule has 4 nitrogen and oxygen atoms in total. The number of aryl methyl sites for hydroxylation is 1. The minimum Gasteiger partial charge on any atom is -0.441 e. The molecule has 1 saturated carbocycles. The van der Waals surface area contributed by atoms with Crippen molar-refractivity contribution < 1.29 is 9.53 Å². The maximum Gasteiger partial charge on any atom is 0.412 e. The van der Waals surface area contributed by atoms with E-state index in [1.807, 2.05) is 44.2 Å². The van der Waals surface area contributed by atoms with Crippen LogP contribution in [0.2, 0.25) is 0 Å². The molecule has 1 amide bonds. The molecular weight excluding hydrogens is 440 g/mol. The quantitative estimate of drug-likeness (QED) is 0.311. The number of hydrogen-bond acceptors (Lipinski definition) is 4. The molecule has 172 valence electrons. The van der Waals surface area contributed by atoms with Gasteiger partial charge in [-0.15, -0.1) is 0 Å². The van der Waals surface area contributed by atoms with E-state index in [9.17, 15) is 4.79 Å². The number of carbonyl (C=O) groups excluding carboxylic acids is 1. The third-order valence-corrected chi connectivity index (χ3v) is 7.69. The minimum absolute atomic E-state index is 0.343. The average molecular weight is 469 g/mol. The number of nitrogens with zero attached hydrogens (tertiary/aromatic N) is 1. The molecule has 5 heteroatoms. The molecule has 0 saturated heterocycles. The molecule has 0 spiro atoms. The van der Waals surface area contributed by atoms with Gasteiger partial charge in [-0.05, 0) is 71.5 Å². The zero-order chi connectivity index (χ0) is 23.7. The summed E-state index contributed by atoms with van der Waals surface area (Å²) < 4.78 is 10.1. The van der Waals surface area contributed by atoms with Crippen molar-refractivity contribution in [3.8, 4) is 21.6 Å². The van der Waals surface area contributed by atoms with E-state index in [4.69, 9.17) is 4.74 Å². The maximum atomic E-state index is 12.6. The minimum atomic E-state index is -0.484. The van der Waals surface area contributed by atoms with Gasteiger partial charge < -0.3 is 4.74 Å². The highest BCUT2D eigenvalue weighted by Crippen LogP contribution is 2.47. The molecule has 34 heavy (non-hydrogen) atoms. The molecule has 0 bridgehead atoms. The monoisotopic (exact) mass is 468 g/mol. The van der Waals surface area contributed by atoms with E-state index in [1.54, 1.807) is 0 Å². The van der Waals surface area contributed by atoms with E-state index >= 15 is 0 Å². The summed E-state index contributed by atoms with van der Waals surface area (Å²) in [6.45, 7) is 6.09. The van der Waals surface area contributed by atoms with Gasteiger partial charge in [-0.3, -0.25) is 5.32 Å². The van der Waals surface area contributed by atoms with Gasteiger partial charge >= 0.3 is 6.09 Å². The summed E-state index contributed by atoms with van der Waals surface area (Å²) in [6.07, 6.45) is 1.74. The molecular formula is C29H28N2O2S. The first kappa shape index (κ1) is 22.4. The Kier molecular flexibility index (Phi) is 5.96. The summed E-state index contributed by atoms with van der Waals surface area (Å²) >= 11 is 1.38. The first-order chi connectivity index (χ1) is 16.4. The number of aromatic nitrogens is 1. The van der Waals surface area contributed by atoms with E-state index in [0.717, 1.165) is 21.7 Å². The van der Waals surface area contributed by atoms with Gasteiger partial charge in [0.05, 0.1) is 16.3 Å². The lowest BCUT2D eigenvalue weighted by Gasteiger charge is -2.15. The molecule has 0 aliphatic heterocycles. The van der Waals surface area contributed by atoms with E-state index in [2.05, 4.69) is 65.1 Å². The topological polar surface area (TPSA) is 51.2 Å². The summed E-state index contributed by atoms with van der Waals surface area (Å²) in [5, 5.41) is 2.92. The van der Waals surface area contributed by atoms with E-state index in [-0.39, 0.29) is 6.10 Å². The Hall–Kier alpha value is -3.44. The van der Waals surface area contributed by atoms with Crippen LogP contribution in [-0.4, -0.2) is 10.5 Å². The van der Waals surface area contributed by atoms with Crippen molar-refractivity contribution in [3.63, 3.8) is 0 Å². The van der Waals surface area contributed by atoms with Crippen LogP contribution in [0.4, 0.5) is 10.5 Å². The highest BCUT2D eigenvalue weighted by Gasteiger charge is 2.38. The lowest BCUT2D eigenvalue weighted by Crippen LogP contribution is -2.16. The van der Waals surface area contributed by atoms with Crippen LogP contribution in [0.15, 0.2) is 78.9 Å². The Balaban J connectivity index is 1.30. The Bertz CT molecular complexity index is 1290. The van der Waals surface area contributed by atoms with E-state index < -0.39 is 6.09 Å². The SMILES string of the molecule is Cc1nsc(-c2ccc(-c3ccc(C4(C)CC4)cc3)cc2)c1NC(=O)O[C@@H](C)c1ccccc1. The average Bonchev–Trinajstić information content (AvgIpc) is 3.52. The normalized spacial score (nSPS) is 14.9. The molecule has 5 rings (SSSR count). The molecule has 1 aromatic heterocycles. The number of amides is 1. The van der Waals surface area contributed by atoms with Gasteiger partial charge in [-0.2, -0.15) is 4.37 Å². The van der Waals surface area contributed by atoms with Crippen LogP contribution in [0.1, 0.15) is 49.6 Å². The number of carbonyl (C=O) groups is 1. The summed E-state index contributed by atoms with van der Waals surface area (Å²) in [4.78, 5) is 13.5. The largest absolute Gasteiger partial charge is 0.441 e. The smallest absolute Gasteiger partial charge is 0.412 e. The van der Waals surface area contributed by atoms with Crippen molar-refractivity contribution in [2.45, 2.75) is 45.1 Å². The van der Waals surface area contributed by atoms with E-state index in [0.29, 0.717) is 11.1 Å². The fraction of sp³-hybridized carbons (Fsp3) is 0.241. The van der Waals surface area contributed by atoms with Crippen molar-refractivity contribution in [2.75, 3.05) is 5.32 Å². The second-order valence-electron chi connectivity index (χ2n) is 9.27. The molecule has 0 radical (unpaired) electrons. The van der Waals surface area contributed by atoms with Gasteiger partial charge in [0, 0.05) is 0 Å². The number of hydrogen-bond donors (Lipinski definition) is 1. The van der Waals surface area contributed by atoms with Crippen molar-refractivity contribution in [1.82, 2.24) is 4.37 Å². The fourth-order valence-electron chi connectivity index (χ4n) is 4.15. The van der Waals surface area contributed by atoms with Crippen LogP contribution in [0.25, 0.3) is 21.6 Å². The lowest BCUT2D eigenvalue weighted by atomic mass is 9.95. The van der Waals surface area contributed by atoms with Gasteiger partial charge in [0.2, 0.25) is 0 Å². The highest BCUT2D eigenvalue weighted by molar-refractivity contribution is 7.10. The zero-order valence-corrected chi connectivity index (χ0v) is 20.5. The van der Waals surface area contributed by atoms with Crippen molar-refractivity contribution in [3.05, 3.63) is 95.7 Å². The van der Waals surface area contributed by atoms with Crippen molar-refractivity contribution in [1.29, 1.82) is 0 Å². The summed E-state index contributed by atoms with van der Waals surface area (Å²) in [7, 11) is 0. The Morgan fingerprint density at radius 1 is 0.941 bits per heavy atom.